The van der Waals surface area contributed by atoms with E-state index < -0.39 is 49.6 Å². The van der Waals surface area contributed by atoms with Gasteiger partial charge in [-0.1, -0.05) is 13.8 Å². The van der Waals surface area contributed by atoms with E-state index in [9.17, 15) is 31.5 Å². The van der Waals surface area contributed by atoms with Crippen LogP contribution < -0.4 is 0 Å². The average Bonchev–Trinajstić information content (AvgIpc) is 2.33. The van der Waals surface area contributed by atoms with Crippen LogP contribution in [0.15, 0.2) is 0 Å². The van der Waals surface area contributed by atoms with Crippen molar-refractivity contribution in [2.24, 2.45) is 5.92 Å². The van der Waals surface area contributed by atoms with Crippen LogP contribution in [0.1, 0.15) is 13.8 Å². The van der Waals surface area contributed by atoms with Crippen LogP contribution in [-0.2, 0) is 19.1 Å². The van der Waals surface area contributed by atoms with E-state index in [4.69, 9.17) is 0 Å². The highest BCUT2D eigenvalue weighted by Gasteiger charge is 2.63. The number of carbonyl (C=O) groups is 2. The van der Waals surface area contributed by atoms with E-state index >= 15 is 0 Å². The Morgan fingerprint density at radius 1 is 1.05 bits per heavy atom. The van der Waals surface area contributed by atoms with Gasteiger partial charge in [0, 0.05) is 0 Å². The summed E-state index contributed by atoms with van der Waals surface area (Å²) in [7, 11) is 0. The zero-order chi connectivity index (χ0) is 15.3. The van der Waals surface area contributed by atoms with Crippen LogP contribution in [0, 0.1) is 5.92 Å². The van der Waals surface area contributed by atoms with Gasteiger partial charge >= 0.3 is 23.8 Å². The van der Waals surface area contributed by atoms with Crippen LogP contribution in [0.3, 0.4) is 0 Å². The van der Waals surface area contributed by atoms with Crippen molar-refractivity contribution in [3.05, 3.63) is 0 Å². The van der Waals surface area contributed by atoms with Crippen molar-refractivity contribution in [2.75, 3.05) is 19.9 Å². The molecule has 0 rings (SSSR count). The standard InChI is InChI=1S/C10H13F5O4/c1-6(2)7(16)18-3-4-19-8(17)10(14,15)9(12,13)5-11/h6H,3-5H2,1-2H3. The van der Waals surface area contributed by atoms with E-state index in [0.29, 0.717) is 0 Å². The van der Waals surface area contributed by atoms with Crippen LogP contribution in [0.25, 0.3) is 0 Å². The molecule has 0 heterocycles. The zero-order valence-corrected chi connectivity index (χ0v) is 10.2. The monoisotopic (exact) mass is 292 g/mol. The zero-order valence-electron chi connectivity index (χ0n) is 10.2. The molecule has 4 nitrogen and oxygen atoms in total. The number of hydrogen-bond acceptors (Lipinski definition) is 4. The molecule has 0 atom stereocenters. The number of esters is 2. The molecule has 9 heteroatoms. The van der Waals surface area contributed by atoms with Gasteiger partial charge in [0.05, 0.1) is 5.92 Å². The van der Waals surface area contributed by atoms with E-state index in [1.807, 2.05) is 0 Å². The summed E-state index contributed by atoms with van der Waals surface area (Å²) in [6.07, 6.45) is 0. The SMILES string of the molecule is CC(C)C(=O)OCCOC(=O)C(F)(F)C(F)(F)CF. The van der Waals surface area contributed by atoms with Crippen LogP contribution in [0.4, 0.5) is 22.0 Å². The molecule has 112 valence electrons. The molecule has 0 aromatic carbocycles. The van der Waals surface area contributed by atoms with E-state index in [1.165, 1.54) is 13.8 Å². The topological polar surface area (TPSA) is 52.6 Å². The molecule has 0 spiro atoms. The van der Waals surface area contributed by atoms with Gasteiger partial charge in [-0.15, -0.1) is 0 Å². The van der Waals surface area contributed by atoms with Gasteiger partial charge in [0.2, 0.25) is 0 Å². The Bertz CT molecular complexity index is 330. The third-order valence-electron chi connectivity index (χ3n) is 1.92. The molecular formula is C10H13F5O4. The first-order valence-electron chi connectivity index (χ1n) is 5.21. The first-order chi connectivity index (χ1) is 8.56. The molecule has 0 saturated heterocycles. The van der Waals surface area contributed by atoms with E-state index in [0.717, 1.165) is 0 Å². The molecule has 0 aliphatic heterocycles. The molecule has 0 aromatic rings. The first-order valence-corrected chi connectivity index (χ1v) is 5.21. The fourth-order valence-electron chi connectivity index (χ4n) is 0.767. The second kappa shape index (κ2) is 6.67. The minimum atomic E-state index is -5.27. The molecule has 0 saturated carbocycles. The molecule has 0 aliphatic carbocycles. The van der Waals surface area contributed by atoms with Gasteiger partial charge in [-0.3, -0.25) is 4.79 Å². The van der Waals surface area contributed by atoms with Crippen LogP contribution in [0.2, 0.25) is 0 Å². The minimum Gasteiger partial charge on any atom is -0.462 e. The van der Waals surface area contributed by atoms with Crippen molar-refractivity contribution in [1.29, 1.82) is 0 Å². The van der Waals surface area contributed by atoms with E-state index in [1.54, 1.807) is 0 Å². The maximum atomic E-state index is 12.7. The van der Waals surface area contributed by atoms with Gasteiger partial charge in [-0.2, -0.15) is 17.6 Å². The molecule has 0 aliphatic rings. The Labute approximate surface area is 105 Å². The molecule has 19 heavy (non-hydrogen) atoms. The van der Waals surface area contributed by atoms with E-state index in [2.05, 4.69) is 9.47 Å². The molecule has 0 radical (unpaired) electrons. The first kappa shape index (κ1) is 17.6. The van der Waals surface area contributed by atoms with Gasteiger partial charge in [-0.05, 0) is 0 Å². The van der Waals surface area contributed by atoms with Gasteiger partial charge in [0.15, 0.2) is 6.67 Å². The Balaban J connectivity index is 4.22. The third kappa shape index (κ3) is 4.64. The molecule has 0 fully saturated rings. The van der Waals surface area contributed by atoms with Crippen molar-refractivity contribution >= 4 is 11.9 Å². The molecule has 0 amide bonds. The predicted octanol–water partition coefficient (Wildman–Crippen LogP) is 1.97. The van der Waals surface area contributed by atoms with Crippen molar-refractivity contribution in [3.63, 3.8) is 0 Å². The fourth-order valence-corrected chi connectivity index (χ4v) is 0.767. The van der Waals surface area contributed by atoms with Gasteiger partial charge in [0.1, 0.15) is 13.2 Å². The molecular weight excluding hydrogens is 279 g/mol. The summed E-state index contributed by atoms with van der Waals surface area (Å²) >= 11 is 0. The predicted molar refractivity (Wildman–Crippen MR) is 52.6 cm³/mol. The largest absolute Gasteiger partial charge is 0.462 e. The summed E-state index contributed by atoms with van der Waals surface area (Å²) in [6, 6.07) is 0. The summed E-state index contributed by atoms with van der Waals surface area (Å²) in [5, 5.41) is 0. The highest BCUT2D eigenvalue weighted by molar-refractivity contribution is 5.79. The Hall–Kier alpha value is -1.41. The number of halogens is 5. The molecule has 0 unspecified atom stereocenters. The van der Waals surface area contributed by atoms with Crippen molar-refractivity contribution in [1.82, 2.24) is 0 Å². The Morgan fingerprint density at radius 2 is 1.53 bits per heavy atom. The second-order valence-corrected chi connectivity index (χ2v) is 3.87. The van der Waals surface area contributed by atoms with E-state index in [-0.39, 0.29) is 0 Å². The second-order valence-electron chi connectivity index (χ2n) is 3.87. The quantitative estimate of drug-likeness (QED) is 0.409. The average molecular weight is 292 g/mol. The number of ether oxygens (including phenoxy) is 2. The highest BCUT2D eigenvalue weighted by atomic mass is 19.3. The molecule has 0 bridgehead atoms. The van der Waals surface area contributed by atoms with Crippen LogP contribution in [-0.4, -0.2) is 43.7 Å². The smallest absolute Gasteiger partial charge is 0.407 e. The number of carbonyl (C=O) groups excluding carboxylic acids is 2. The fraction of sp³-hybridized carbons (Fsp3) is 0.800. The lowest BCUT2D eigenvalue weighted by molar-refractivity contribution is -0.232. The Kier molecular flexibility index (Phi) is 6.17. The normalized spacial score (nSPS) is 12.4. The van der Waals surface area contributed by atoms with Gasteiger partial charge in [-0.25, -0.2) is 9.18 Å². The number of alkyl halides is 5. The lowest BCUT2D eigenvalue weighted by Crippen LogP contribution is -2.49. The van der Waals surface area contributed by atoms with Crippen molar-refractivity contribution < 1.29 is 41.0 Å². The number of rotatable bonds is 7. The summed E-state index contributed by atoms with van der Waals surface area (Å²) in [6.45, 7) is -1.07. The highest BCUT2D eigenvalue weighted by Crippen LogP contribution is 2.35. The molecule has 0 N–H and O–H groups in total. The lowest BCUT2D eigenvalue weighted by Gasteiger charge is -2.22. The molecule has 0 aromatic heterocycles. The Morgan fingerprint density at radius 3 is 1.95 bits per heavy atom. The maximum absolute atomic E-state index is 12.7. The number of hydrogen-bond donors (Lipinski definition) is 0. The minimum absolute atomic E-state index is 0.479. The summed E-state index contributed by atoms with van der Waals surface area (Å²) < 4.78 is 70.3. The van der Waals surface area contributed by atoms with Gasteiger partial charge < -0.3 is 9.47 Å². The van der Waals surface area contributed by atoms with Crippen LogP contribution in [0.5, 0.6) is 0 Å². The summed E-state index contributed by atoms with van der Waals surface area (Å²) in [5.74, 6) is -14.1. The van der Waals surface area contributed by atoms with Crippen LogP contribution >= 0.6 is 0 Å². The maximum Gasteiger partial charge on any atom is 0.407 e. The van der Waals surface area contributed by atoms with Gasteiger partial charge in [0.25, 0.3) is 0 Å². The summed E-state index contributed by atoms with van der Waals surface area (Å²) in [5.41, 5.74) is 0. The van der Waals surface area contributed by atoms with Crippen molar-refractivity contribution in [2.45, 2.75) is 25.7 Å². The summed E-state index contributed by atoms with van der Waals surface area (Å²) in [4.78, 5) is 21.6. The lowest BCUT2D eigenvalue weighted by atomic mass is 10.2. The van der Waals surface area contributed by atoms with Crippen molar-refractivity contribution in [3.8, 4) is 0 Å². The third-order valence-corrected chi connectivity index (χ3v) is 1.92.